The number of nitrogens with one attached hydrogen (secondary N) is 1. The van der Waals surface area contributed by atoms with Crippen LogP contribution in [0, 0.1) is 11.6 Å². The Bertz CT molecular complexity index is 1520. The van der Waals surface area contributed by atoms with Crippen LogP contribution >= 0.6 is 23.2 Å². The predicted molar refractivity (Wildman–Crippen MR) is 130 cm³/mol. The zero-order valence-corrected chi connectivity index (χ0v) is 20.7. The van der Waals surface area contributed by atoms with E-state index in [4.69, 9.17) is 27.9 Å². The summed E-state index contributed by atoms with van der Waals surface area (Å²) in [7, 11) is -4.66. The number of carbonyl (C=O) groups excluding carboxylic acids is 1. The first-order chi connectivity index (χ1) is 17.0. The molecule has 0 aromatic heterocycles. The van der Waals surface area contributed by atoms with Gasteiger partial charge in [0.05, 0.1) is 23.4 Å². The molecule has 36 heavy (non-hydrogen) atoms. The molecule has 6 bridgehead atoms. The molecular weight excluding hydrogens is 537 g/mol. The molecule has 3 aromatic rings. The molecule has 1 saturated heterocycles. The van der Waals surface area contributed by atoms with Crippen LogP contribution in [0.2, 0.25) is 10.0 Å². The number of anilines is 1. The van der Waals surface area contributed by atoms with Crippen LogP contribution in [0.4, 0.5) is 14.5 Å². The summed E-state index contributed by atoms with van der Waals surface area (Å²) < 4.78 is 64.1. The van der Waals surface area contributed by atoms with E-state index in [1.165, 1.54) is 11.0 Å². The molecule has 2 heterocycles. The molecule has 1 fully saturated rings. The highest BCUT2D eigenvalue weighted by Gasteiger charge is 2.31. The summed E-state index contributed by atoms with van der Waals surface area (Å²) >= 11 is 12.2. The van der Waals surface area contributed by atoms with Gasteiger partial charge in [-0.3, -0.25) is 9.52 Å². The number of ether oxygens (including phenoxy) is 1. The maximum atomic E-state index is 14.9. The monoisotopic (exact) mass is 554 g/mol. The third-order valence-electron chi connectivity index (χ3n) is 6.13. The lowest BCUT2D eigenvalue weighted by Gasteiger charge is -2.20. The summed E-state index contributed by atoms with van der Waals surface area (Å²) in [6, 6.07) is 8.36. The Morgan fingerprint density at radius 2 is 1.83 bits per heavy atom. The zero-order chi connectivity index (χ0) is 25.8. The van der Waals surface area contributed by atoms with Crippen LogP contribution in [-0.4, -0.2) is 43.5 Å². The van der Waals surface area contributed by atoms with Crippen molar-refractivity contribution < 1.29 is 31.8 Å². The zero-order valence-electron chi connectivity index (χ0n) is 18.4. The quantitative estimate of drug-likeness (QED) is 0.398. The van der Waals surface area contributed by atoms with Gasteiger partial charge >= 0.3 is 0 Å². The van der Waals surface area contributed by atoms with Crippen LogP contribution in [-0.2, 0) is 21.4 Å². The molecule has 2 N–H and O–H groups in total. The van der Waals surface area contributed by atoms with Crippen molar-refractivity contribution in [1.29, 1.82) is 0 Å². The number of halogens is 4. The summed E-state index contributed by atoms with van der Waals surface area (Å²) in [4.78, 5) is 13.9. The molecule has 1 atom stereocenters. The van der Waals surface area contributed by atoms with E-state index in [0.29, 0.717) is 24.6 Å². The number of aromatic hydroxyl groups is 1. The molecule has 2 aliphatic rings. The van der Waals surface area contributed by atoms with E-state index in [0.717, 1.165) is 18.2 Å². The molecule has 5 rings (SSSR count). The number of carbonyl (C=O) groups is 1. The van der Waals surface area contributed by atoms with Crippen LogP contribution in [0.3, 0.4) is 0 Å². The summed E-state index contributed by atoms with van der Waals surface area (Å²) in [5.41, 5.74) is 0.0469. The number of phenols is 1. The number of hydrogen-bond donors (Lipinski definition) is 2. The lowest BCUT2D eigenvalue weighted by atomic mass is 9.99. The van der Waals surface area contributed by atoms with Crippen LogP contribution in [0.25, 0.3) is 11.1 Å². The first-order valence-corrected chi connectivity index (χ1v) is 13.0. The second kappa shape index (κ2) is 9.19. The third-order valence-corrected chi connectivity index (χ3v) is 8.04. The number of sulfonamides is 1. The van der Waals surface area contributed by atoms with Crippen LogP contribution in [0.1, 0.15) is 22.3 Å². The minimum Gasteiger partial charge on any atom is -0.505 e. The van der Waals surface area contributed by atoms with E-state index in [9.17, 15) is 27.1 Å². The van der Waals surface area contributed by atoms with Crippen molar-refractivity contribution in [1.82, 2.24) is 4.90 Å². The van der Waals surface area contributed by atoms with Gasteiger partial charge in [-0.15, -0.1) is 0 Å². The molecule has 0 aliphatic carbocycles. The van der Waals surface area contributed by atoms with Crippen molar-refractivity contribution in [3.63, 3.8) is 0 Å². The normalized spacial score (nSPS) is 19.1. The fraction of sp³-hybridized carbons (Fsp3) is 0.208. The SMILES string of the molecule is O=C1c2cc(Cl)c(O)c(c2)S(=O)(=O)Nc2cc(c(F)cc2F)-c2cc(Cl)ccc2CO[C@@H]2CCN1C2. The van der Waals surface area contributed by atoms with Crippen molar-refractivity contribution in [2.24, 2.45) is 0 Å². The fourth-order valence-electron chi connectivity index (χ4n) is 4.30. The van der Waals surface area contributed by atoms with Crippen molar-refractivity contribution in [2.45, 2.75) is 24.0 Å². The number of rotatable bonds is 0. The lowest BCUT2D eigenvalue weighted by molar-refractivity contribution is 0.0439. The lowest BCUT2D eigenvalue weighted by Crippen LogP contribution is -2.30. The highest BCUT2D eigenvalue weighted by Crippen LogP contribution is 2.37. The molecule has 1 amide bonds. The number of hydrogen-bond acceptors (Lipinski definition) is 5. The van der Waals surface area contributed by atoms with Gasteiger partial charge in [0.1, 0.15) is 16.5 Å². The third kappa shape index (κ3) is 4.50. The Kier molecular flexibility index (Phi) is 6.32. The molecule has 0 spiro atoms. The van der Waals surface area contributed by atoms with Gasteiger partial charge in [0.2, 0.25) is 0 Å². The number of fused-ring (bicyclic) bond motifs is 8. The Morgan fingerprint density at radius 3 is 2.61 bits per heavy atom. The second-order valence-corrected chi connectivity index (χ2v) is 11.0. The van der Waals surface area contributed by atoms with Crippen molar-refractivity contribution in [3.05, 3.63) is 75.3 Å². The average Bonchev–Trinajstić information content (AvgIpc) is 3.29. The molecule has 3 aromatic carbocycles. The standard InChI is InChI=1S/C24H18Cl2F2N2O5S/c25-14-2-1-12-11-35-15-3-4-30(10-15)24(32)13-5-18(26)23(31)22(6-13)36(33,34)29-21-8-17(16(12)7-14)19(27)9-20(21)28/h1-2,5-9,15,29,31H,3-4,10-11H2/t15-/m1/s1. The number of benzene rings is 3. The van der Waals surface area contributed by atoms with E-state index in [-0.39, 0.29) is 46.0 Å². The smallest absolute Gasteiger partial charge is 0.265 e. The highest BCUT2D eigenvalue weighted by atomic mass is 35.5. The fourth-order valence-corrected chi connectivity index (χ4v) is 5.95. The van der Waals surface area contributed by atoms with Crippen molar-refractivity contribution >= 4 is 44.8 Å². The van der Waals surface area contributed by atoms with Gasteiger partial charge < -0.3 is 14.7 Å². The highest BCUT2D eigenvalue weighted by molar-refractivity contribution is 7.92. The van der Waals surface area contributed by atoms with Crippen LogP contribution in [0.5, 0.6) is 5.75 Å². The van der Waals surface area contributed by atoms with Gasteiger partial charge in [0.15, 0.2) is 5.75 Å². The minimum absolute atomic E-state index is 0.0479. The Hall–Kier alpha value is -2.92. The summed E-state index contributed by atoms with van der Waals surface area (Å²) in [6.07, 6.45) is 0.180. The molecule has 0 radical (unpaired) electrons. The van der Waals surface area contributed by atoms with Crippen LogP contribution < -0.4 is 4.72 Å². The molecule has 0 unspecified atom stereocenters. The Morgan fingerprint density at radius 1 is 1.06 bits per heavy atom. The molecule has 0 saturated carbocycles. The van der Waals surface area contributed by atoms with Gasteiger partial charge in [-0.2, -0.15) is 0 Å². The van der Waals surface area contributed by atoms with Gasteiger partial charge in [-0.25, -0.2) is 17.2 Å². The van der Waals surface area contributed by atoms with Gasteiger partial charge in [0, 0.05) is 35.3 Å². The Labute approximate surface area is 215 Å². The Balaban J connectivity index is 1.72. The minimum atomic E-state index is -4.66. The van der Waals surface area contributed by atoms with Crippen molar-refractivity contribution in [2.75, 3.05) is 17.8 Å². The van der Waals surface area contributed by atoms with E-state index in [1.54, 1.807) is 12.1 Å². The van der Waals surface area contributed by atoms with Gasteiger partial charge in [-0.05, 0) is 47.9 Å². The number of amides is 1. The topological polar surface area (TPSA) is 95.9 Å². The average molecular weight is 555 g/mol. The molecule has 188 valence electrons. The maximum Gasteiger partial charge on any atom is 0.265 e. The first-order valence-electron chi connectivity index (χ1n) is 10.8. The largest absolute Gasteiger partial charge is 0.505 e. The first kappa shape index (κ1) is 24.8. The summed E-state index contributed by atoms with van der Waals surface area (Å²) in [6.45, 7) is 0.623. The van der Waals surface area contributed by atoms with Crippen molar-refractivity contribution in [3.8, 4) is 16.9 Å². The van der Waals surface area contributed by atoms with Crippen LogP contribution in [0.15, 0.2) is 47.4 Å². The number of nitrogens with zero attached hydrogens (tertiary/aromatic N) is 1. The molecule has 12 heteroatoms. The predicted octanol–water partition coefficient (Wildman–Crippen LogP) is 5.19. The second-order valence-electron chi connectivity index (χ2n) is 8.50. The van der Waals surface area contributed by atoms with E-state index < -0.39 is 43.9 Å². The number of phenolic OH excluding ortho intramolecular Hbond substituents is 1. The molecular formula is C24H18Cl2F2N2O5S. The molecule has 2 aliphatic heterocycles. The maximum absolute atomic E-state index is 14.9. The van der Waals surface area contributed by atoms with Gasteiger partial charge in [0.25, 0.3) is 15.9 Å². The summed E-state index contributed by atoms with van der Waals surface area (Å²) in [5, 5.41) is 10.3. The summed E-state index contributed by atoms with van der Waals surface area (Å²) in [5.74, 6) is -3.45. The molecule has 7 nitrogen and oxygen atoms in total. The van der Waals surface area contributed by atoms with E-state index >= 15 is 0 Å². The van der Waals surface area contributed by atoms with Gasteiger partial charge in [-0.1, -0.05) is 29.3 Å². The van der Waals surface area contributed by atoms with E-state index in [2.05, 4.69) is 0 Å². The van der Waals surface area contributed by atoms with E-state index in [1.807, 2.05) is 4.72 Å².